The van der Waals surface area contributed by atoms with Gasteiger partial charge in [-0.15, -0.1) is 0 Å². The van der Waals surface area contributed by atoms with Crippen molar-refractivity contribution in [1.82, 2.24) is 10.1 Å². The van der Waals surface area contributed by atoms with Crippen LogP contribution in [0.5, 0.6) is 5.75 Å². The molecule has 1 atom stereocenters. The third kappa shape index (κ3) is 3.33. The van der Waals surface area contributed by atoms with E-state index in [1.807, 2.05) is 24.3 Å². The lowest BCUT2D eigenvalue weighted by Gasteiger charge is -2.20. The molecule has 0 bridgehead atoms. The number of hydrogen-bond acceptors (Lipinski definition) is 5. The number of ether oxygens (including phenoxy) is 1. The SMILES string of the molecule is Cc1cc(NC(=O)CN(C)C(=O)C2Cc3ccccc3O2)no1. The van der Waals surface area contributed by atoms with Crippen molar-refractivity contribution < 1.29 is 18.8 Å². The van der Waals surface area contributed by atoms with E-state index in [-0.39, 0.29) is 18.4 Å². The molecule has 1 aliphatic heterocycles. The zero-order valence-electron chi connectivity index (χ0n) is 12.9. The van der Waals surface area contributed by atoms with Crippen LogP contribution in [0.3, 0.4) is 0 Å². The fourth-order valence-electron chi connectivity index (χ4n) is 2.47. The van der Waals surface area contributed by atoms with Gasteiger partial charge in [-0.25, -0.2) is 0 Å². The number of likely N-dealkylation sites (N-methyl/N-ethyl adjacent to an activating group) is 1. The van der Waals surface area contributed by atoms with Crippen LogP contribution in [-0.4, -0.2) is 41.6 Å². The number of fused-ring (bicyclic) bond motifs is 1. The summed E-state index contributed by atoms with van der Waals surface area (Å²) in [6.45, 7) is 1.65. The molecule has 7 heteroatoms. The highest BCUT2D eigenvalue weighted by Gasteiger charge is 2.31. The fraction of sp³-hybridized carbons (Fsp3) is 0.312. The van der Waals surface area contributed by atoms with E-state index in [1.165, 1.54) is 4.90 Å². The summed E-state index contributed by atoms with van der Waals surface area (Å²) in [6, 6.07) is 9.15. The van der Waals surface area contributed by atoms with Crippen LogP contribution >= 0.6 is 0 Å². The molecule has 120 valence electrons. The average molecular weight is 315 g/mol. The summed E-state index contributed by atoms with van der Waals surface area (Å²) in [5, 5.41) is 6.26. The molecule has 1 N–H and O–H groups in total. The number of anilines is 1. The van der Waals surface area contributed by atoms with Crippen LogP contribution in [0.25, 0.3) is 0 Å². The highest BCUT2D eigenvalue weighted by Crippen LogP contribution is 2.28. The number of para-hydroxylation sites is 1. The van der Waals surface area contributed by atoms with Gasteiger partial charge in [0.05, 0.1) is 6.54 Å². The quantitative estimate of drug-likeness (QED) is 0.921. The van der Waals surface area contributed by atoms with Gasteiger partial charge in [-0.2, -0.15) is 0 Å². The first-order chi connectivity index (χ1) is 11.0. The Labute approximate surface area is 133 Å². The summed E-state index contributed by atoms with van der Waals surface area (Å²) >= 11 is 0. The van der Waals surface area contributed by atoms with Gasteiger partial charge in [0.25, 0.3) is 5.91 Å². The molecule has 2 aromatic rings. The third-order valence-electron chi connectivity index (χ3n) is 3.58. The maximum atomic E-state index is 12.4. The molecule has 0 saturated heterocycles. The number of rotatable bonds is 4. The zero-order chi connectivity index (χ0) is 16.4. The van der Waals surface area contributed by atoms with Crippen LogP contribution in [0.2, 0.25) is 0 Å². The molecule has 1 aromatic heterocycles. The largest absolute Gasteiger partial charge is 0.480 e. The summed E-state index contributed by atoms with van der Waals surface area (Å²) in [5.41, 5.74) is 1.00. The number of carbonyl (C=O) groups is 2. The number of benzene rings is 1. The minimum absolute atomic E-state index is 0.0824. The molecule has 1 aromatic carbocycles. The molecule has 1 aliphatic rings. The normalized spacial score (nSPS) is 15.7. The first kappa shape index (κ1) is 15.1. The second-order valence-corrected chi connectivity index (χ2v) is 5.48. The van der Waals surface area contributed by atoms with Crippen molar-refractivity contribution >= 4 is 17.6 Å². The number of nitrogens with zero attached hydrogens (tertiary/aromatic N) is 2. The maximum absolute atomic E-state index is 12.4. The number of nitrogens with one attached hydrogen (secondary N) is 1. The molecule has 2 amide bonds. The Bertz CT molecular complexity index is 715. The van der Waals surface area contributed by atoms with Crippen LogP contribution in [0.1, 0.15) is 11.3 Å². The van der Waals surface area contributed by atoms with Gasteiger partial charge in [0.15, 0.2) is 11.9 Å². The predicted octanol–water partition coefficient (Wildman–Crippen LogP) is 1.38. The Hall–Kier alpha value is -2.83. The van der Waals surface area contributed by atoms with E-state index >= 15 is 0 Å². The Morgan fingerprint density at radius 1 is 1.39 bits per heavy atom. The van der Waals surface area contributed by atoms with E-state index in [9.17, 15) is 9.59 Å². The molecule has 0 spiro atoms. The van der Waals surface area contributed by atoms with Crippen molar-refractivity contribution in [2.45, 2.75) is 19.4 Å². The number of aryl methyl sites for hydroxylation is 1. The van der Waals surface area contributed by atoms with E-state index in [2.05, 4.69) is 10.5 Å². The van der Waals surface area contributed by atoms with Crippen molar-refractivity contribution in [2.24, 2.45) is 0 Å². The van der Waals surface area contributed by atoms with Crippen LogP contribution in [-0.2, 0) is 16.0 Å². The smallest absolute Gasteiger partial charge is 0.264 e. The Balaban J connectivity index is 1.55. The first-order valence-corrected chi connectivity index (χ1v) is 7.25. The lowest BCUT2D eigenvalue weighted by atomic mass is 10.1. The minimum atomic E-state index is -0.584. The molecule has 0 fully saturated rings. The molecule has 0 saturated carbocycles. The number of carbonyl (C=O) groups excluding carboxylic acids is 2. The molecule has 3 rings (SSSR count). The Morgan fingerprint density at radius 2 is 2.17 bits per heavy atom. The molecular formula is C16H17N3O4. The highest BCUT2D eigenvalue weighted by atomic mass is 16.5. The van der Waals surface area contributed by atoms with Gasteiger partial charge in [-0.05, 0) is 18.6 Å². The van der Waals surface area contributed by atoms with Gasteiger partial charge in [0.2, 0.25) is 5.91 Å². The van der Waals surface area contributed by atoms with Crippen LogP contribution in [0.15, 0.2) is 34.9 Å². The summed E-state index contributed by atoms with van der Waals surface area (Å²) in [7, 11) is 1.57. The minimum Gasteiger partial charge on any atom is -0.480 e. The van der Waals surface area contributed by atoms with Crippen LogP contribution in [0.4, 0.5) is 5.82 Å². The van der Waals surface area contributed by atoms with Gasteiger partial charge in [-0.1, -0.05) is 23.4 Å². The standard InChI is InChI=1S/C16H17N3O4/c1-10-7-14(18-23-10)17-15(20)9-19(2)16(21)13-8-11-5-3-4-6-12(11)22-13/h3-7,13H,8-9H2,1-2H3,(H,17,18,20). The summed E-state index contributed by atoms with van der Waals surface area (Å²) in [6.07, 6.45) is -0.0665. The second-order valence-electron chi connectivity index (χ2n) is 5.48. The predicted molar refractivity (Wildman–Crippen MR) is 82.1 cm³/mol. The summed E-state index contributed by atoms with van der Waals surface area (Å²) in [4.78, 5) is 25.7. The Morgan fingerprint density at radius 3 is 2.87 bits per heavy atom. The van der Waals surface area contributed by atoms with Gasteiger partial charge in [0, 0.05) is 19.5 Å². The third-order valence-corrected chi connectivity index (χ3v) is 3.58. The molecule has 0 aliphatic carbocycles. The second kappa shape index (κ2) is 6.12. The number of hydrogen-bond donors (Lipinski definition) is 1. The van der Waals surface area contributed by atoms with Gasteiger partial charge >= 0.3 is 0 Å². The van der Waals surface area contributed by atoms with Crippen LogP contribution in [0, 0.1) is 6.92 Å². The average Bonchev–Trinajstić information content (AvgIpc) is 3.12. The molecule has 23 heavy (non-hydrogen) atoms. The van der Waals surface area contributed by atoms with Gasteiger partial charge in [0.1, 0.15) is 11.5 Å². The van der Waals surface area contributed by atoms with Gasteiger partial charge in [-0.3, -0.25) is 9.59 Å². The monoisotopic (exact) mass is 315 g/mol. The summed E-state index contributed by atoms with van der Waals surface area (Å²) < 4.78 is 10.5. The van der Waals surface area contributed by atoms with Crippen molar-refractivity contribution in [3.63, 3.8) is 0 Å². The van der Waals surface area contributed by atoms with Crippen molar-refractivity contribution in [3.8, 4) is 5.75 Å². The maximum Gasteiger partial charge on any atom is 0.264 e. The fourth-order valence-corrected chi connectivity index (χ4v) is 2.47. The van der Waals surface area contributed by atoms with Crippen molar-refractivity contribution in [3.05, 3.63) is 41.7 Å². The van der Waals surface area contributed by atoms with Crippen molar-refractivity contribution in [1.29, 1.82) is 0 Å². The van der Waals surface area contributed by atoms with E-state index in [1.54, 1.807) is 20.0 Å². The molecular weight excluding hydrogens is 298 g/mol. The zero-order valence-corrected chi connectivity index (χ0v) is 12.9. The lowest BCUT2D eigenvalue weighted by molar-refractivity contribution is -0.139. The Kier molecular flexibility index (Phi) is 4.01. The number of aromatic nitrogens is 1. The topological polar surface area (TPSA) is 84.7 Å². The molecule has 7 nitrogen and oxygen atoms in total. The number of amides is 2. The van der Waals surface area contributed by atoms with E-state index < -0.39 is 6.10 Å². The van der Waals surface area contributed by atoms with E-state index in [0.717, 1.165) is 11.3 Å². The molecule has 0 radical (unpaired) electrons. The first-order valence-electron chi connectivity index (χ1n) is 7.25. The highest BCUT2D eigenvalue weighted by molar-refractivity contribution is 5.94. The van der Waals surface area contributed by atoms with Gasteiger partial charge < -0.3 is 19.5 Å². The van der Waals surface area contributed by atoms with E-state index in [4.69, 9.17) is 9.26 Å². The molecule has 1 unspecified atom stereocenters. The van der Waals surface area contributed by atoms with Crippen molar-refractivity contribution in [2.75, 3.05) is 18.9 Å². The molecule has 2 heterocycles. The van der Waals surface area contributed by atoms with E-state index in [0.29, 0.717) is 18.0 Å². The summed E-state index contributed by atoms with van der Waals surface area (Å²) in [5.74, 6) is 1.08. The van der Waals surface area contributed by atoms with Crippen LogP contribution < -0.4 is 10.1 Å². The lowest BCUT2D eigenvalue weighted by Crippen LogP contribution is -2.42.